The highest BCUT2D eigenvalue weighted by atomic mass is 35.5. The Morgan fingerprint density at radius 2 is 2.11 bits per heavy atom. The maximum Gasteiger partial charge on any atom is 0.147 e. The second-order valence-electron chi connectivity index (χ2n) is 4.72. The van der Waals surface area contributed by atoms with Crippen molar-refractivity contribution in [1.82, 2.24) is 0 Å². The summed E-state index contributed by atoms with van der Waals surface area (Å²) < 4.78 is 27.7. The Morgan fingerprint density at radius 3 is 2.68 bits per heavy atom. The lowest BCUT2D eigenvalue weighted by Gasteiger charge is -2.21. The maximum absolute atomic E-state index is 11.0. The fraction of sp³-hybridized carbons (Fsp3) is 0.538. The van der Waals surface area contributed by atoms with Crippen molar-refractivity contribution >= 4 is 21.4 Å². The van der Waals surface area contributed by atoms with Crippen molar-refractivity contribution in [2.24, 2.45) is 5.73 Å². The Balaban J connectivity index is 2.42. The molecule has 2 atom stereocenters. The van der Waals surface area contributed by atoms with Gasteiger partial charge in [0.2, 0.25) is 0 Å². The zero-order valence-corrected chi connectivity index (χ0v) is 12.7. The van der Waals surface area contributed by atoms with Crippen LogP contribution in [0.3, 0.4) is 0 Å². The van der Waals surface area contributed by atoms with Gasteiger partial charge in [0.25, 0.3) is 0 Å². The molecule has 108 valence electrons. The van der Waals surface area contributed by atoms with Gasteiger partial charge in [-0.05, 0) is 38.0 Å². The summed E-state index contributed by atoms with van der Waals surface area (Å²) in [5.41, 5.74) is 5.98. The smallest absolute Gasteiger partial charge is 0.147 e. The summed E-state index contributed by atoms with van der Waals surface area (Å²) in [6, 6.07) is 6.90. The van der Waals surface area contributed by atoms with Crippen LogP contribution in [0, 0.1) is 0 Å². The van der Waals surface area contributed by atoms with Gasteiger partial charge in [0.05, 0.1) is 0 Å². The predicted octanol–water partition coefficient (Wildman–Crippen LogP) is 2.26. The molecule has 2 N–H and O–H groups in total. The van der Waals surface area contributed by atoms with E-state index in [1.165, 1.54) is 6.26 Å². The first-order valence-corrected chi connectivity index (χ1v) is 8.57. The Kier molecular flexibility index (Phi) is 6.10. The molecular formula is C13H20ClNO3S. The number of benzene rings is 1. The van der Waals surface area contributed by atoms with Crippen molar-refractivity contribution in [3.05, 3.63) is 29.3 Å². The minimum absolute atomic E-state index is 0.157. The molecule has 1 aromatic carbocycles. The first-order valence-electron chi connectivity index (χ1n) is 6.13. The van der Waals surface area contributed by atoms with Crippen LogP contribution in [0.2, 0.25) is 5.02 Å². The minimum atomic E-state index is -2.92. The lowest BCUT2D eigenvalue weighted by atomic mass is 10.1. The molecule has 0 saturated heterocycles. The Labute approximate surface area is 119 Å². The fourth-order valence-electron chi connectivity index (χ4n) is 1.66. The predicted molar refractivity (Wildman–Crippen MR) is 78.5 cm³/mol. The zero-order chi connectivity index (χ0) is 14.5. The third-order valence-electron chi connectivity index (χ3n) is 2.77. The third kappa shape index (κ3) is 6.80. The van der Waals surface area contributed by atoms with Crippen LogP contribution in [0.4, 0.5) is 0 Å². The quantitative estimate of drug-likeness (QED) is 0.839. The molecule has 0 fully saturated rings. The largest absolute Gasteiger partial charge is 0.489 e. The molecule has 1 aromatic rings. The van der Waals surface area contributed by atoms with Gasteiger partial charge in [0.15, 0.2) is 0 Å². The number of nitrogens with two attached hydrogens (primary N) is 1. The number of hydrogen-bond donors (Lipinski definition) is 1. The van der Waals surface area contributed by atoms with E-state index in [2.05, 4.69) is 0 Å². The summed E-state index contributed by atoms with van der Waals surface area (Å²) in [7, 11) is -2.92. The van der Waals surface area contributed by atoms with E-state index in [0.717, 1.165) is 0 Å². The van der Waals surface area contributed by atoms with E-state index in [-0.39, 0.29) is 17.9 Å². The van der Waals surface area contributed by atoms with Crippen molar-refractivity contribution in [2.75, 3.05) is 12.0 Å². The van der Waals surface area contributed by atoms with E-state index in [0.29, 0.717) is 23.6 Å². The normalized spacial score (nSPS) is 14.9. The number of rotatable bonds is 7. The average molecular weight is 306 g/mol. The second kappa shape index (κ2) is 7.12. The first-order chi connectivity index (χ1) is 8.78. The van der Waals surface area contributed by atoms with Crippen LogP contribution in [0.15, 0.2) is 24.3 Å². The second-order valence-corrected chi connectivity index (χ2v) is 7.41. The van der Waals surface area contributed by atoms with Crippen LogP contribution >= 0.6 is 11.6 Å². The van der Waals surface area contributed by atoms with Crippen LogP contribution in [-0.2, 0) is 9.84 Å². The minimum Gasteiger partial charge on any atom is -0.489 e. The molecule has 2 unspecified atom stereocenters. The lowest BCUT2D eigenvalue weighted by Crippen LogP contribution is -2.36. The molecule has 0 saturated carbocycles. The molecular weight excluding hydrogens is 286 g/mol. The highest BCUT2D eigenvalue weighted by Gasteiger charge is 2.15. The van der Waals surface area contributed by atoms with Crippen LogP contribution in [0.1, 0.15) is 19.8 Å². The van der Waals surface area contributed by atoms with Crippen LogP contribution in [0.25, 0.3) is 0 Å². The van der Waals surface area contributed by atoms with Crippen LogP contribution < -0.4 is 10.5 Å². The molecule has 19 heavy (non-hydrogen) atoms. The summed E-state index contributed by atoms with van der Waals surface area (Å²) >= 11 is 5.86. The molecule has 4 nitrogen and oxygen atoms in total. The van der Waals surface area contributed by atoms with Gasteiger partial charge in [-0.15, -0.1) is 0 Å². The number of halogens is 1. The maximum atomic E-state index is 11.0. The number of hydrogen-bond acceptors (Lipinski definition) is 4. The number of ether oxygens (including phenoxy) is 1. The Hall–Kier alpha value is -0.780. The fourth-order valence-corrected chi connectivity index (χ4v) is 2.53. The van der Waals surface area contributed by atoms with Crippen molar-refractivity contribution < 1.29 is 13.2 Å². The molecule has 0 amide bonds. The van der Waals surface area contributed by atoms with E-state index < -0.39 is 9.84 Å². The van der Waals surface area contributed by atoms with E-state index in [9.17, 15) is 8.42 Å². The van der Waals surface area contributed by atoms with Crippen molar-refractivity contribution in [3.63, 3.8) is 0 Å². The van der Waals surface area contributed by atoms with Gasteiger partial charge in [0.1, 0.15) is 21.7 Å². The average Bonchev–Trinajstić information content (AvgIpc) is 2.27. The van der Waals surface area contributed by atoms with Gasteiger partial charge in [-0.25, -0.2) is 8.42 Å². The molecule has 0 bridgehead atoms. The van der Waals surface area contributed by atoms with Gasteiger partial charge >= 0.3 is 0 Å². The highest BCUT2D eigenvalue weighted by molar-refractivity contribution is 7.90. The van der Waals surface area contributed by atoms with Gasteiger partial charge < -0.3 is 10.5 Å². The highest BCUT2D eigenvalue weighted by Crippen LogP contribution is 2.19. The van der Waals surface area contributed by atoms with Crippen molar-refractivity contribution in [3.8, 4) is 5.75 Å². The lowest BCUT2D eigenvalue weighted by molar-refractivity contribution is 0.184. The monoisotopic (exact) mass is 305 g/mol. The van der Waals surface area contributed by atoms with E-state index in [1.54, 1.807) is 18.2 Å². The molecule has 0 aromatic heterocycles. The molecule has 0 aliphatic heterocycles. The summed E-state index contributed by atoms with van der Waals surface area (Å²) in [5.74, 6) is 0.823. The van der Waals surface area contributed by atoms with Crippen LogP contribution in [-0.4, -0.2) is 32.6 Å². The molecule has 1 rings (SSSR count). The molecule has 0 radical (unpaired) electrons. The Morgan fingerprint density at radius 1 is 1.42 bits per heavy atom. The standard InChI is InChI=1S/C13H20ClNO3S/c1-10(13(15)7-4-8-19(2,16)17)18-12-6-3-5-11(14)9-12/h3,5-6,9-10,13H,4,7-8,15H2,1-2H3. The van der Waals surface area contributed by atoms with Gasteiger partial charge in [-0.1, -0.05) is 17.7 Å². The van der Waals surface area contributed by atoms with Crippen LogP contribution in [0.5, 0.6) is 5.75 Å². The van der Waals surface area contributed by atoms with E-state index >= 15 is 0 Å². The van der Waals surface area contributed by atoms with Crippen molar-refractivity contribution in [2.45, 2.75) is 31.9 Å². The topological polar surface area (TPSA) is 69.4 Å². The molecule has 0 heterocycles. The van der Waals surface area contributed by atoms with E-state index in [1.807, 2.05) is 13.0 Å². The first kappa shape index (κ1) is 16.3. The SMILES string of the molecule is CC(Oc1cccc(Cl)c1)C(N)CCCS(C)(=O)=O. The summed E-state index contributed by atoms with van der Waals surface area (Å²) in [5, 5.41) is 0.607. The summed E-state index contributed by atoms with van der Waals surface area (Å²) in [4.78, 5) is 0. The summed E-state index contributed by atoms with van der Waals surface area (Å²) in [6.07, 6.45) is 2.18. The van der Waals surface area contributed by atoms with E-state index in [4.69, 9.17) is 22.1 Å². The third-order valence-corrected chi connectivity index (χ3v) is 4.04. The molecule has 0 aliphatic carbocycles. The van der Waals surface area contributed by atoms with Crippen molar-refractivity contribution in [1.29, 1.82) is 0 Å². The summed E-state index contributed by atoms with van der Waals surface area (Å²) in [6.45, 7) is 1.87. The molecule has 6 heteroatoms. The zero-order valence-electron chi connectivity index (χ0n) is 11.2. The van der Waals surface area contributed by atoms with Gasteiger partial charge in [0, 0.05) is 23.1 Å². The Bertz CT molecular complexity index is 504. The molecule has 0 spiro atoms. The number of sulfone groups is 1. The molecule has 0 aliphatic rings. The van der Waals surface area contributed by atoms with Gasteiger partial charge in [-0.2, -0.15) is 0 Å². The van der Waals surface area contributed by atoms with Gasteiger partial charge in [-0.3, -0.25) is 0 Å².